The molecule has 2 rings (SSSR count). The molecular formula is C14H19ClN2O. The Hall–Kier alpha value is -1.06. The molecule has 18 heavy (non-hydrogen) atoms. The van der Waals surface area contributed by atoms with Gasteiger partial charge in [-0.25, -0.2) is 0 Å². The van der Waals surface area contributed by atoms with E-state index in [0.29, 0.717) is 18.9 Å². The zero-order chi connectivity index (χ0) is 13.0. The lowest BCUT2D eigenvalue weighted by Gasteiger charge is -2.19. The molecule has 1 atom stereocenters. The van der Waals surface area contributed by atoms with Crippen molar-refractivity contribution in [2.75, 3.05) is 6.54 Å². The van der Waals surface area contributed by atoms with Crippen LogP contribution in [0.1, 0.15) is 37.3 Å². The van der Waals surface area contributed by atoms with Crippen LogP contribution in [0, 0.1) is 5.92 Å². The van der Waals surface area contributed by atoms with Gasteiger partial charge in [-0.05, 0) is 49.4 Å². The number of carbonyl (C=O) groups is 1. The van der Waals surface area contributed by atoms with Crippen LogP contribution in [-0.4, -0.2) is 12.5 Å². The summed E-state index contributed by atoms with van der Waals surface area (Å²) < 4.78 is 0. The summed E-state index contributed by atoms with van der Waals surface area (Å²) in [5, 5.41) is 3.84. The molecule has 3 N–H and O–H groups in total. The summed E-state index contributed by atoms with van der Waals surface area (Å²) in [6.45, 7) is 0.558. The maximum atomic E-state index is 11.8. The molecular weight excluding hydrogens is 248 g/mol. The first-order valence-corrected chi connectivity index (χ1v) is 6.83. The Morgan fingerprint density at radius 3 is 2.61 bits per heavy atom. The maximum absolute atomic E-state index is 11.8. The normalized spacial score (nSPS) is 16.3. The van der Waals surface area contributed by atoms with Gasteiger partial charge in [0.05, 0.1) is 6.04 Å². The van der Waals surface area contributed by atoms with Gasteiger partial charge >= 0.3 is 0 Å². The molecule has 1 unspecified atom stereocenters. The third-order valence-corrected chi connectivity index (χ3v) is 3.50. The second kappa shape index (κ2) is 6.21. The monoisotopic (exact) mass is 266 g/mol. The van der Waals surface area contributed by atoms with E-state index in [1.54, 1.807) is 0 Å². The van der Waals surface area contributed by atoms with Crippen molar-refractivity contribution in [3.05, 3.63) is 34.9 Å². The van der Waals surface area contributed by atoms with Crippen LogP contribution in [0.25, 0.3) is 0 Å². The van der Waals surface area contributed by atoms with Gasteiger partial charge < -0.3 is 11.1 Å². The quantitative estimate of drug-likeness (QED) is 0.832. The van der Waals surface area contributed by atoms with Gasteiger partial charge in [-0.2, -0.15) is 0 Å². The molecule has 1 aliphatic carbocycles. The van der Waals surface area contributed by atoms with Crippen LogP contribution in [0.5, 0.6) is 0 Å². The van der Waals surface area contributed by atoms with Gasteiger partial charge in [-0.1, -0.05) is 23.7 Å². The highest BCUT2D eigenvalue weighted by atomic mass is 35.5. The average molecular weight is 267 g/mol. The second-order valence-corrected chi connectivity index (χ2v) is 5.26. The molecule has 0 bridgehead atoms. The Morgan fingerprint density at radius 1 is 1.39 bits per heavy atom. The number of nitrogens with one attached hydrogen (secondary N) is 1. The molecule has 0 spiro atoms. The third kappa shape index (κ3) is 3.72. The smallest absolute Gasteiger partial charge is 0.220 e. The highest BCUT2D eigenvalue weighted by molar-refractivity contribution is 6.30. The topological polar surface area (TPSA) is 55.1 Å². The largest absolute Gasteiger partial charge is 0.349 e. The zero-order valence-electron chi connectivity index (χ0n) is 10.4. The van der Waals surface area contributed by atoms with E-state index in [0.717, 1.165) is 17.0 Å². The number of halogens is 1. The van der Waals surface area contributed by atoms with Crippen molar-refractivity contribution in [1.82, 2.24) is 5.32 Å². The molecule has 98 valence electrons. The van der Waals surface area contributed by atoms with Crippen molar-refractivity contribution in [2.24, 2.45) is 11.7 Å². The molecule has 1 amide bonds. The molecule has 1 aromatic carbocycles. The Balaban J connectivity index is 2.00. The fourth-order valence-electron chi connectivity index (χ4n) is 2.08. The average Bonchev–Trinajstić information content (AvgIpc) is 3.19. The lowest BCUT2D eigenvalue weighted by atomic mass is 10.0. The summed E-state index contributed by atoms with van der Waals surface area (Å²) in [5.74, 6) is 0.667. The number of amides is 1. The number of hydrogen-bond acceptors (Lipinski definition) is 2. The molecule has 0 radical (unpaired) electrons. The van der Waals surface area contributed by atoms with Crippen LogP contribution in [0.2, 0.25) is 5.02 Å². The number of rotatable bonds is 6. The SMILES string of the molecule is NCCCC(=O)NC(c1ccc(Cl)cc1)C1CC1. The zero-order valence-corrected chi connectivity index (χ0v) is 11.1. The summed E-state index contributed by atoms with van der Waals surface area (Å²) in [7, 11) is 0. The number of hydrogen-bond donors (Lipinski definition) is 2. The van der Waals surface area contributed by atoms with Gasteiger partial charge in [0.25, 0.3) is 0 Å². The van der Waals surface area contributed by atoms with E-state index < -0.39 is 0 Å². The Labute approximate surface area is 113 Å². The first-order chi connectivity index (χ1) is 8.70. The van der Waals surface area contributed by atoms with E-state index in [-0.39, 0.29) is 11.9 Å². The summed E-state index contributed by atoms with van der Waals surface area (Å²) in [5.41, 5.74) is 6.55. The third-order valence-electron chi connectivity index (χ3n) is 3.25. The van der Waals surface area contributed by atoms with E-state index in [9.17, 15) is 4.79 Å². The lowest BCUT2D eigenvalue weighted by molar-refractivity contribution is -0.122. The van der Waals surface area contributed by atoms with E-state index in [2.05, 4.69) is 5.32 Å². The van der Waals surface area contributed by atoms with Gasteiger partial charge in [0.15, 0.2) is 0 Å². The van der Waals surface area contributed by atoms with Crippen LogP contribution in [0.15, 0.2) is 24.3 Å². The van der Waals surface area contributed by atoms with Crippen LogP contribution in [-0.2, 0) is 4.79 Å². The van der Waals surface area contributed by atoms with Crippen LogP contribution < -0.4 is 11.1 Å². The standard InChI is InChI=1S/C14H19ClN2O/c15-12-7-5-11(6-8-12)14(10-3-4-10)17-13(18)2-1-9-16/h5-8,10,14H,1-4,9,16H2,(H,17,18). The first kappa shape index (κ1) is 13.4. The number of carbonyl (C=O) groups excluding carboxylic acids is 1. The number of benzene rings is 1. The van der Waals surface area contributed by atoms with Gasteiger partial charge in [0, 0.05) is 11.4 Å². The summed E-state index contributed by atoms with van der Waals surface area (Å²) in [6, 6.07) is 7.87. The molecule has 0 saturated heterocycles. The summed E-state index contributed by atoms with van der Waals surface area (Å²) in [6.07, 6.45) is 3.62. The summed E-state index contributed by atoms with van der Waals surface area (Å²) in [4.78, 5) is 11.8. The fraction of sp³-hybridized carbons (Fsp3) is 0.500. The molecule has 1 aromatic rings. The fourth-order valence-corrected chi connectivity index (χ4v) is 2.21. The van der Waals surface area contributed by atoms with Gasteiger partial charge in [0.2, 0.25) is 5.91 Å². The predicted molar refractivity (Wildman–Crippen MR) is 73.3 cm³/mol. The minimum Gasteiger partial charge on any atom is -0.349 e. The summed E-state index contributed by atoms with van der Waals surface area (Å²) >= 11 is 5.88. The van der Waals surface area contributed by atoms with Crippen molar-refractivity contribution in [1.29, 1.82) is 0 Å². The van der Waals surface area contributed by atoms with Gasteiger partial charge in [-0.3, -0.25) is 4.79 Å². The Morgan fingerprint density at radius 2 is 2.06 bits per heavy atom. The van der Waals surface area contributed by atoms with Crippen LogP contribution >= 0.6 is 11.6 Å². The van der Waals surface area contributed by atoms with E-state index in [4.69, 9.17) is 17.3 Å². The molecule has 1 saturated carbocycles. The van der Waals surface area contributed by atoms with E-state index in [1.807, 2.05) is 24.3 Å². The predicted octanol–water partition coefficient (Wildman–Crippen LogP) is 2.65. The highest BCUT2D eigenvalue weighted by Crippen LogP contribution is 2.41. The molecule has 4 heteroatoms. The first-order valence-electron chi connectivity index (χ1n) is 6.45. The van der Waals surface area contributed by atoms with Crippen molar-refractivity contribution in [3.63, 3.8) is 0 Å². The highest BCUT2D eigenvalue weighted by Gasteiger charge is 2.33. The van der Waals surface area contributed by atoms with Crippen molar-refractivity contribution in [3.8, 4) is 0 Å². The molecule has 1 fully saturated rings. The minimum atomic E-state index is 0.0901. The molecule has 0 aromatic heterocycles. The van der Waals surface area contributed by atoms with Crippen molar-refractivity contribution in [2.45, 2.75) is 31.7 Å². The van der Waals surface area contributed by atoms with Gasteiger partial charge in [-0.15, -0.1) is 0 Å². The van der Waals surface area contributed by atoms with E-state index >= 15 is 0 Å². The molecule has 0 heterocycles. The molecule has 3 nitrogen and oxygen atoms in total. The lowest BCUT2D eigenvalue weighted by Crippen LogP contribution is -2.30. The van der Waals surface area contributed by atoms with Crippen LogP contribution in [0.3, 0.4) is 0 Å². The Bertz CT molecular complexity index is 401. The minimum absolute atomic E-state index is 0.0901. The van der Waals surface area contributed by atoms with Crippen LogP contribution in [0.4, 0.5) is 0 Å². The molecule has 1 aliphatic rings. The second-order valence-electron chi connectivity index (χ2n) is 4.83. The van der Waals surface area contributed by atoms with E-state index in [1.165, 1.54) is 12.8 Å². The van der Waals surface area contributed by atoms with Crippen molar-refractivity contribution < 1.29 is 4.79 Å². The Kier molecular flexibility index (Phi) is 4.61. The van der Waals surface area contributed by atoms with Gasteiger partial charge in [0.1, 0.15) is 0 Å². The molecule has 0 aliphatic heterocycles. The van der Waals surface area contributed by atoms with Crippen molar-refractivity contribution >= 4 is 17.5 Å². The maximum Gasteiger partial charge on any atom is 0.220 e. The number of nitrogens with two attached hydrogens (primary N) is 1.